The standard InChI is InChI=1S/C19H27N3O3/c1-13(23)21-16(12-14-8-4-2-5-9-14)19(25)22-17(18(20)24)15-10-6-3-7-11-15/h2,4-5,8-9,15-17H,3,6-7,10-12H2,1H3,(H2,20,24)(H,21,23)(H,22,25)/t16-,17+/m1/s1. The summed E-state index contributed by atoms with van der Waals surface area (Å²) in [5.74, 6) is -1.09. The first kappa shape index (κ1) is 19.0. The van der Waals surface area contributed by atoms with Crippen LogP contribution in [-0.2, 0) is 20.8 Å². The normalized spacial score (nSPS) is 17.3. The Balaban J connectivity index is 2.08. The maximum absolute atomic E-state index is 12.7. The zero-order chi connectivity index (χ0) is 18.2. The quantitative estimate of drug-likeness (QED) is 0.694. The molecule has 1 aliphatic rings. The Kier molecular flexibility index (Phi) is 6.98. The van der Waals surface area contributed by atoms with E-state index in [2.05, 4.69) is 10.6 Å². The van der Waals surface area contributed by atoms with E-state index < -0.39 is 18.0 Å². The molecule has 6 nitrogen and oxygen atoms in total. The maximum Gasteiger partial charge on any atom is 0.243 e. The molecule has 2 rings (SSSR count). The van der Waals surface area contributed by atoms with Gasteiger partial charge in [0.15, 0.2) is 0 Å². The van der Waals surface area contributed by atoms with Crippen LogP contribution in [0.25, 0.3) is 0 Å². The summed E-state index contributed by atoms with van der Waals surface area (Å²) in [6, 6.07) is 8.04. The highest BCUT2D eigenvalue weighted by atomic mass is 16.2. The topological polar surface area (TPSA) is 101 Å². The van der Waals surface area contributed by atoms with Crippen molar-refractivity contribution in [2.45, 2.75) is 57.5 Å². The molecule has 2 atom stereocenters. The second kappa shape index (κ2) is 9.20. The second-order valence-corrected chi connectivity index (χ2v) is 6.73. The molecule has 0 spiro atoms. The van der Waals surface area contributed by atoms with Crippen LogP contribution in [0.2, 0.25) is 0 Å². The van der Waals surface area contributed by atoms with Crippen molar-refractivity contribution in [3.05, 3.63) is 35.9 Å². The van der Waals surface area contributed by atoms with E-state index in [4.69, 9.17) is 5.73 Å². The van der Waals surface area contributed by atoms with Crippen LogP contribution in [0.4, 0.5) is 0 Å². The molecule has 0 heterocycles. The molecular weight excluding hydrogens is 318 g/mol. The number of nitrogens with one attached hydrogen (secondary N) is 2. The zero-order valence-corrected chi connectivity index (χ0v) is 14.7. The third-order valence-corrected chi connectivity index (χ3v) is 4.70. The van der Waals surface area contributed by atoms with Crippen LogP contribution in [0, 0.1) is 5.92 Å². The van der Waals surface area contributed by atoms with Crippen molar-refractivity contribution in [2.75, 3.05) is 0 Å². The van der Waals surface area contributed by atoms with Gasteiger partial charge in [0.2, 0.25) is 17.7 Å². The van der Waals surface area contributed by atoms with Gasteiger partial charge >= 0.3 is 0 Å². The molecule has 6 heteroatoms. The third-order valence-electron chi connectivity index (χ3n) is 4.70. The van der Waals surface area contributed by atoms with Crippen LogP contribution in [0.3, 0.4) is 0 Å². The van der Waals surface area contributed by atoms with E-state index in [1.807, 2.05) is 30.3 Å². The molecule has 1 saturated carbocycles. The predicted molar refractivity (Wildman–Crippen MR) is 95.5 cm³/mol. The molecule has 0 unspecified atom stereocenters. The first-order chi connectivity index (χ1) is 12.0. The molecular formula is C19H27N3O3. The van der Waals surface area contributed by atoms with Crippen molar-refractivity contribution in [1.29, 1.82) is 0 Å². The monoisotopic (exact) mass is 345 g/mol. The highest BCUT2D eigenvalue weighted by molar-refractivity contribution is 5.91. The summed E-state index contributed by atoms with van der Waals surface area (Å²) in [5, 5.41) is 5.46. The Labute approximate surface area is 148 Å². The minimum absolute atomic E-state index is 0.0740. The molecule has 1 aromatic carbocycles. The van der Waals surface area contributed by atoms with Crippen molar-refractivity contribution in [1.82, 2.24) is 10.6 Å². The maximum atomic E-state index is 12.7. The van der Waals surface area contributed by atoms with Gasteiger partial charge in [-0.05, 0) is 24.3 Å². The van der Waals surface area contributed by atoms with E-state index >= 15 is 0 Å². The number of benzene rings is 1. The van der Waals surface area contributed by atoms with Gasteiger partial charge in [0.05, 0.1) is 0 Å². The van der Waals surface area contributed by atoms with Gasteiger partial charge in [-0.2, -0.15) is 0 Å². The Morgan fingerprint density at radius 1 is 1.08 bits per heavy atom. The van der Waals surface area contributed by atoms with E-state index in [9.17, 15) is 14.4 Å². The van der Waals surface area contributed by atoms with Crippen molar-refractivity contribution in [3.63, 3.8) is 0 Å². The van der Waals surface area contributed by atoms with E-state index in [1.54, 1.807) is 0 Å². The first-order valence-electron chi connectivity index (χ1n) is 8.88. The fourth-order valence-electron chi connectivity index (χ4n) is 3.45. The summed E-state index contributed by atoms with van der Waals surface area (Å²) < 4.78 is 0. The molecule has 1 fully saturated rings. The summed E-state index contributed by atoms with van der Waals surface area (Å²) in [6.45, 7) is 1.37. The van der Waals surface area contributed by atoms with Gasteiger partial charge in [-0.1, -0.05) is 49.6 Å². The third kappa shape index (κ3) is 5.89. The lowest BCUT2D eigenvalue weighted by molar-refractivity contribution is -0.131. The number of nitrogens with two attached hydrogens (primary N) is 1. The van der Waals surface area contributed by atoms with Gasteiger partial charge in [0.25, 0.3) is 0 Å². The summed E-state index contributed by atoms with van der Waals surface area (Å²) >= 11 is 0. The van der Waals surface area contributed by atoms with Crippen molar-refractivity contribution < 1.29 is 14.4 Å². The molecule has 1 aliphatic carbocycles. The summed E-state index contributed by atoms with van der Waals surface area (Å²) in [5.41, 5.74) is 6.46. The largest absolute Gasteiger partial charge is 0.368 e. The van der Waals surface area contributed by atoms with Crippen LogP contribution in [0.1, 0.15) is 44.6 Å². The lowest BCUT2D eigenvalue weighted by Crippen LogP contribution is -2.56. The van der Waals surface area contributed by atoms with Gasteiger partial charge in [-0.15, -0.1) is 0 Å². The van der Waals surface area contributed by atoms with Gasteiger partial charge in [-0.3, -0.25) is 14.4 Å². The molecule has 0 bridgehead atoms. The van der Waals surface area contributed by atoms with Crippen LogP contribution < -0.4 is 16.4 Å². The highest BCUT2D eigenvalue weighted by Crippen LogP contribution is 2.26. The number of amides is 3. The van der Waals surface area contributed by atoms with Crippen LogP contribution >= 0.6 is 0 Å². The van der Waals surface area contributed by atoms with Crippen molar-refractivity contribution in [2.24, 2.45) is 11.7 Å². The molecule has 4 N–H and O–H groups in total. The van der Waals surface area contributed by atoms with Crippen molar-refractivity contribution >= 4 is 17.7 Å². The van der Waals surface area contributed by atoms with E-state index in [1.165, 1.54) is 6.92 Å². The van der Waals surface area contributed by atoms with E-state index in [0.29, 0.717) is 6.42 Å². The SMILES string of the molecule is CC(=O)N[C@H](Cc1ccccc1)C(=O)N[C@H](C(N)=O)C1CCCCC1. The lowest BCUT2D eigenvalue weighted by atomic mass is 9.83. The number of carbonyl (C=O) groups excluding carboxylic acids is 3. The Bertz CT molecular complexity index is 597. The summed E-state index contributed by atoms with van der Waals surface area (Å²) in [4.78, 5) is 36.1. The zero-order valence-electron chi connectivity index (χ0n) is 14.7. The highest BCUT2D eigenvalue weighted by Gasteiger charge is 2.31. The van der Waals surface area contributed by atoms with E-state index in [0.717, 1.165) is 37.7 Å². The number of rotatable bonds is 7. The summed E-state index contributed by atoms with van der Waals surface area (Å²) in [7, 11) is 0. The fourth-order valence-corrected chi connectivity index (χ4v) is 3.45. The van der Waals surface area contributed by atoms with E-state index in [-0.39, 0.29) is 17.7 Å². The second-order valence-electron chi connectivity index (χ2n) is 6.73. The predicted octanol–water partition coefficient (Wildman–Crippen LogP) is 1.28. The Morgan fingerprint density at radius 2 is 1.72 bits per heavy atom. The molecule has 136 valence electrons. The summed E-state index contributed by atoms with van der Waals surface area (Å²) in [6.07, 6.45) is 5.38. The molecule has 1 aromatic rings. The average molecular weight is 345 g/mol. The minimum atomic E-state index is -0.731. The number of primary amides is 1. The molecule has 0 radical (unpaired) electrons. The van der Waals surface area contributed by atoms with Crippen molar-refractivity contribution in [3.8, 4) is 0 Å². The molecule has 3 amide bonds. The molecule has 0 aliphatic heterocycles. The smallest absolute Gasteiger partial charge is 0.243 e. The van der Waals surface area contributed by atoms with Crippen LogP contribution in [-0.4, -0.2) is 29.8 Å². The lowest BCUT2D eigenvalue weighted by Gasteiger charge is -2.30. The Hall–Kier alpha value is -2.37. The number of hydrogen-bond acceptors (Lipinski definition) is 3. The van der Waals surface area contributed by atoms with Gasteiger partial charge in [0, 0.05) is 13.3 Å². The first-order valence-corrected chi connectivity index (χ1v) is 8.88. The number of hydrogen-bond donors (Lipinski definition) is 3. The van der Waals surface area contributed by atoms with Crippen LogP contribution in [0.5, 0.6) is 0 Å². The number of carbonyl (C=O) groups is 3. The Morgan fingerprint density at radius 3 is 2.28 bits per heavy atom. The minimum Gasteiger partial charge on any atom is -0.368 e. The van der Waals surface area contributed by atoms with Gasteiger partial charge in [-0.25, -0.2) is 0 Å². The fraction of sp³-hybridized carbons (Fsp3) is 0.526. The molecule has 25 heavy (non-hydrogen) atoms. The van der Waals surface area contributed by atoms with Crippen LogP contribution in [0.15, 0.2) is 30.3 Å². The molecule has 0 saturated heterocycles. The van der Waals surface area contributed by atoms with Gasteiger partial charge in [0.1, 0.15) is 12.1 Å². The van der Waals surface area contributed by atoms with Gasteiger partial charge < -0.3 is 16.4 Å². The molecule has 0 aromatic heterocycles. The average Bonchev–Trinajstić information content (AvgIpc) is 2.60.